The van der Waals surface area contributed by atoms with E-state index in [1.165, 1.54) is 0 Å². The largest absolute Gasteiger partial charge is 0.483 e. The van der Waals surface area contributed by atoms with E-state index in [2.05, 4.69) is 28.3 Å². The summed E-state index contributed by atoms with van der Waals surface area (Å²) in [5.41, 5.74) is -1.01. The Hall–Kier alpha value is -1.40. The summed E-state index contributed by atoms with van der Waals surface area (Å²) in [6, 6.07) is 0. The number of imidazole rings is 1. The van der Waals surface area contributed by atoms with Crippen molar-refractivity contribution in [1.82, 2.24) is 19.5 Å². The number of nitrogens with zero attached hydrogens (tertiary/aromatic N) is 3. The Labute approximate surface area is 175 Å². The first kappa shape index (κ1) is 25.2. The maximum absolute atomic E-state index is 11.8. The van der Waals surface area contributed by atoms with Crippen molar-refractivity contribution >= 4 is 34.6 Å². The van der Waals surface area contributed by atoms with Crippen molar-refractivity contribution in [3.05, 3.63) is 23.0 Å². The number of phosphoric acid groups is 3. The average molecular weight is 524 g/mol. The molecule has 8 N–H and O–H groups in total. The zero-order chi connectivity index (χ0) is 24.1. The Kier molecular flexibility index (Phi) is 6.90. The monoisotopic (exact) mass is 524 g/mol. The van der Waals surface area contributed by atoms with E-state index < -0.39 is 59.9 Å². The third kappa shape index (κ3) is 5.74. The number of aromatic nitrogens is 4. The van der Waals surface area contributed by atoms with Crippen molar-refractivity contribution in [3.8, 4) is 0 Å². The fraction of sp³-hybridized carbons (Fsp3) is 0.500. The summed E-state index contributed by atoms with van der Waals surface area (Å²) < 4.78 is 52.0. The second-order valence-electron chi connectivity index (χ2n) is 6.14. The van der Waals surface area contributed by atoms with Gasteiger partial charge in [-0.3, -0.25) is 18.4 Å². The van der Waals surface area contributed by atoms with E-state index in [0.717, 1.165) is 17.2 Å². The van der Waals surface area contributed by atoms with Gasteiger partial charge in [-0.05, 0) is 0 Å². The zero-order valence-corrected chi connectivity index (χ0v) is 17.8. The Balaban J connectivity index is 1.94. The van der Waals surface area contributed by atoms with Crippen LogP contribution >= 0.6 is 23.5 Å². The van der Waals surface area contributed by atoms with Crippen molar-refractivity contribution in [2.45, 2.75) is 30.8 Å². The second kappa shape index (κ2) is 8.75. The Morgan fingerprint density at radius 2 is 1.69 bits per heavy atom. The number of aromatic amines is 1. The molecule has 0 aromatic carbocycles. The van der Waals surface area contributed by atoms with Gasteiger partial charge in [0.15, 0.2) is 17.4 Å². The van der Waals surface area contributed by atoms with Gasteiger partial charge in [-0.1, -0.05) is 0 Å². The van der Waals surface area contributed by atoms with Gasteiger partial charge in [0.25, 0.3) is 5.56 Å². The van der Waals surface area contributed by atoms with E-state index >= 15 is 0 Å². The molecule has 1 saturated heterocycles. The van der Waals surface area contributed by atoms with Gasteiger partial charge >= 0.3 is 23.5 Å². The molecule has 19 nitrogen and oxygen atoms in total. The molecule has 0 radical (unpaired) electrons. The molecule has 0 saturated carbocycles. The number of hydrogen-bond acceptors (Lipinski definition) is 12. The number of phosphoric ester groups is 2. The lowest BCUT2D eigenvalue weighted by atomic mass is 10.1. The van der Waals surface area contributed by atoms with Crippen LogP contribution in [-0.2, 0) is 31.8 Å². The van der Waals surface area contributed by atoms with Crippen LogP contribution in [0.4, 0.5) is 0 Å². The normalized spacial score (nSPS) is 27.5. The van der Waals surface area contributed by atoms with Gasteiger partial charge in [-0.2, -0.15) is 4.31 Å². The van der Waals surface area contributed by atoms with Gasteiger partial charge in [-0.15, -0.1) is 0 Å². The van der Waals surface area contributed by atoms with Crippen LogP contribution < -0.4 is 5.56 Å². The predicted octanol–water partition coefficient (Wildman–Crippen LogP) is -2.60. The van der Waals surface area contributed by atoms with Gasteiger partial charge in [0.2, 0.25) is 6.29 Å². The maximum Gasteiger partial charge on any atom is 0.483 e. The van der Waals surface area contributed by atoms with Crippen LogP contribution in [0.1, 0.15) is 6.23 Å². The highest BCUT2D eigenvalue weighted by Gasteiger charge is 2.52. The SMILES string of the molecule is O=c1[nH]cnc2c1ncn2[C@@H]1O[C@H]([C@H](OP(=O)(O)O)OP(=O)(O)OP(=O)(O)O)[C@@H](O)[C@H]1O. The number of ether oxygens (including phenoxy) is 1. The predicted molar refractivity (Wildman–Crippen MR) is 95.0 cm³/mol. The standard InChI is InChI=1S/C10H15N4O15P3/c15-4-5(16)9(14-2-13-3-7(14)11-1-12-8(3)17)26-6(4)10(27-30(18,19)20)28-32(24,25)29-31(21,22)23/h1-2,4-6,9-10,15-16H,(H,24,25)(H,11,12,17)(H2,18,19,20)(H2,21,22,23)/t4-,5+,6-,9+,10+/m0/s1. The van der Waals surface area contributed by atoms with E-state index in [4.69, 9.17) is 24.3 Å². The van der Waals surface area contributed by atoms with Crippen LogP contribution in [0.2, 0.25) is 0 Å². The molecular weight excluding hydrogens is 509 g/mol. The Bertz CT molecular complexity index is 1190. The molecule has 1 unspecified atom stereocenters. The second-order valence-corrected chi connectivity index (χ2v) is 10.1. The van der Waals surface area contributed by atoms with Gasteiger partial charge in [0.1, 0.15) is 18.3 Å². The minimum atomic E-state index is -5.76. The number of nitrogens with one attached hydrogen (secondary N) is 1. The number of rotatable bonds is 8. The van der Waals surface area contributed by atoms with E-state index in [9.17, 15) is 33.6 Å². The van der Waals surface area contributed by atoms with Gasteiger partial charge in [0, 0.05) is 0 Å². The first-order chi connectivity index (χ1) is 14.6. The molecule has 6 atom stereocenters. The minimum Gasteiger partial charge on any atom is -0.387 e. The summed E-state index contributed by atoms with van der Waals surface area (Å²) in [7, 11) is -16.9. The number of H-pyrrole nitrogens is 1. The third-order valence-electron chi connectivity index (χ3n) is 3.87. The lowest BCUT2D eigenvalue weighted by molar-refractivity contribution is -0.154. The molecule has 1 aliphatic rings. The highest BCUT2D eigenvalue weighted by atomic mass is 31.3. The number of aliphatic hydroxyl groups is 2. The van der Waals surface area contributed by atoms with Crippen molar-refractivity contribution in [2.75, 3.05) is 0 Å². The Morgan fingerprint density at radius 1 is 1.03 bits per heavy atom. The van der Waals surface area contributed by atoms with Crippen molar-refractivity contribution in [1.29, 1.82) is 0 Å². The van der Waals surface area contributed by atoms with Crippen molar-refractivity contribution in [2.24, 2.45) is 0 Å². The molecule has 1 aliphatic heterocycles. The first-order valence-electron chi connectivity index (χ1n) is 8.02. The lowest BCUT2D eigenvalue weighted by Gasteiger charge is -2.26. The maximum atomic E-state index is 11.8. The van der Waals surface area contributed by atoms with E-state index in [1.54, 1.807) is 0 Å². The highest BCUT2D eigenvalue weighted by Crippen LogP contribution is 2.59. The number of hydrogen-bond donors (Lipinski definition) is 8. The fourth-order valence-electron chi connectivity index (χ4n) is 2.75. The molecule has 180 valence electrons. The molecule has 0 aliphatic carbocycles. The number of aliphatic hydroxyl groups excluding tert-OH is 2. The van der Waals surface area contributed by atoms with Gasteiger partial charge < -0.3 is 44.4 Å². The average Bonchev–Trinajstić information content (AvgIpc) is 3.14. The van der Waals surface area contributed by atoms with Crippen molar-refractivity contribution < 1.29 is 66.5 Å². The topological polar surface area (TPSA) is 293 Å². The van der Waals surface area contributed by atoms with E-state index in [-0.39, 0.29) is 11.2 Å². The summed E-state index contributed by atoms with van der Waals surface area (Å²) >= 11 is 0. The smallest absolute Gasteiger partial charge is 0.387 e. The van der Waals surface area contributed by atoms with Crippen LogP contribution in [0.3, 0.4) is 0 Å². The summed E-state index contributed by atoms with van der Waals surface area (Å²) in [4.78, 5) is 66.5. The summed E-state index contributed by atoms with van der Waals surface area (Å²) in [5, 5.41) is 20.6. The van der Waals surface area contributed by atoms with E-state index in [1.807, 2.05) is 0 Å². The summed E-state index contributed by atoms with van der Waals surface area (Å²) in [6.45, 7) is 0. The highest BCUT2D eigenvalue weighted by molar-refractivity contribution is 7.60. The van der Waals surface area contributed by atoms with Crippen LogP contribution in [0.5, 0.6) is 0 Å². The molecule has 0 amide bonds. The molecule has 2 aromatic heterocycles. The molecule has 0 bridgehead atoms. The van der Waals surface area contributed by atoms with Crippen LogP contribution in [0, 0.1) is 0 Å². The summed E-state index contributed by atoms with van der Waals surface area (Å²) in [5.74, 6) is 0. The molecular formula is C10H15N4O15P3. The molecule has 0 spiro atoms. The molecule has 2 aromatic rings. The quantitative estimate of drug-likeness (QED) is 0.130. The zero-order valence-electron chi connectivity index (χ0n) is 15.1. The van der Waals surface area contributed by atoms with Crippen LogP contribution in [0.15, 0.2) is 17.4 Å². The van der Waals surface area contributed by atoms with Crippen LogP contribution in [-0.4, -0.2) is 78.8 Å². The lowest BCUT2D eigenvalue weighted by Crippen LogP contribution is -2.40. The third-order valence-corrected chi connectivity index (χ3v) is 6.50. The Morgan fingerprint density at radius 3 is 2.28 bits per heavy atom. The minimum absolute atomic E-state index is 0.142. The molecule has 32 heavy (non-hydrogen) atoms. The summed E-state index contributed by atoms with van der Waals surface area (Å²) in [6.07, 6.45) is -8.55. The number of fused-ring (bicyclic) bond motifs is 1. The molecule has 3 rings (SSSR count). The van der Waals surface area contributed by atoms with Gasteiger partial charge in [-0.25, -0.2) is 23.7 Å². The molecule has 1 fully saturated rings. The van der Waals surface area contributed by atoms with Gasteiger partial charge in [0.05, 0.1) is 12.7 Å². The van der Waals surface area contributed by atoms with Crippen molar-refractivity contribution in [3.63, 3.8) is 0 Å². The van der Waals surface area contributed by atoms with Crippen LogP contribution in [0.25, 0.3) is 11.2 Å². The molecule has 22 heteroatoms. The fourth-order valence-corrected chi connectivity index (χ4v) is 4.91. The first-order valence-corrected chi connectivity index (χ1v) is 12.6. The molecule has 3 heterocycles. The van der Waals surface area contributed by atoms with E-state index in [0.29, 0.717) is 0 Å².